The highest BCUT2D eigenvalue weighted by Crippen LogP contribution is 2.05. The number of hydrogen-bond acceptors (Lipinski definition) is 4. The minimum Gasteiger partial charge on any atom is -0.387 e. The van der Waals surface area contributed by atoms with Gasteiger partial charge in [0.1, 0.15) is 11.6 Å². The summed E-state index contributed by atoms with van der Waals surface area (Å²) in [6, 6.07) is 0. The molecule has 0 atom stereocenters. The second kappa shape index (κ2) is 10.6. The van der Waals surface area contributed by atoms with Crippen LogP contribution in [0.1, 0.15) is 45.4 Å². The molecule has 0 radical (unpaired) electrons. The Bertz CT molecular complexity index is 270. The van der Waals surface area contributed by atoms with Crippen LogP contribution in [-0.4, -0.2) is 22.4 Å². The van der Waals surface area contributed by atoms with Crippen molar-refractivity contribution in [2.24, 2.45) is 5.73 Å². The number of carbonyl (C=O) groups excluding carboxylic acids is 1. The molecular formula is C11H20N2O2S2. The summed E-state index contributed by atoms with van der Waals surface area (Å²) in [4.78, 5) is 16.5. The molecule has 0 fully saturated rings. The molecule has 0 saturated heterocycles. The highest BCUT2D eigenvalue weighted by molar-refractivity contribution is 7.89. The lowest BCUT2D eigenvalue weighted by atomic mass is 10.1. The topological polar surface area (TPSA) is 64.3 Å². The third-order valence-electron chi connectivity index (χ3n) is 2.18. The van der Waals surface area contributed by atoms with Gasteiger partial charge in [0.25, 0.3) is 0 Å². The van der Waals surface area contributed by atoms with Crippen molar-refractivity contribution in [1.82, 2.24) is 5.48 Å². The lowest BCUT2D eigenvalue weighted by Crippen LogP contribution is -2.34. The number of hydroxylamine groups is 1. The SMILES string of the molecule is CCCCCCCC(=O)CONC(=S)C(N)=S. The summed E-state index contributed by atoms with van der Waals surface area (Å²) in [5, 5.41) is 0. The van der Waals surface area contributed by atoms with E-state index < -0.39 is 0 Å². The van der Waals surface area contributed by atoms with Gasteiger partial charge in [0.15, 0.2) is 10.8 Å². The van der Waals surface area contributed by atoms with Gasteiger partial charge in [-0.05, 0) is 6.42 Å². The van der Waals surface area contributed by atoms with Crippen molar-refractivity contribution in [2.75, 3.05) is 6.61 Å². The van der Waals surface area contributed by atoms with Gasteiger partial charge in [-0.3, -0.25) is 15.1 Å². The molecule has 98 valence electrons. The summed E-state index contributed by atoms with van der Waals surface area (Å²) in [5.41, 5.74) is 7.61. The molecule has 0 spiro atoms. The van der Waals surface area contributed by atoms with Crippen LogP contribution >= 0.6 is 24.4 Å². The lowest BCUT2D eigenvalue weighted by Gasteiger charge is -2.06. The van der Waals surface area contributed by atoms with Crippen LogP contribution in [0.15, 0.2) is 0 Å². The standard InChI is InChI=1S/C11H20N2O2S2/c1-2-3-4-5-6-7-9(14)8-15-13-11(17)10(12)16/h2-8H2,1H3,(H2,12,16)(H,13,17). The number of rotatable bonds is 9. The summed E-state index contributed by atoms with van der Waals surface area (Å²) in [6.07, 6.45) is 6.19. The average molecular weight is 276 g/mol. The van der Waals surface area contributed by atoms with Gasteiger partial charge in [-0.1, -0.05) is 57.0 Å². The van der Waals surface area contributed by atoms with Gasteiger partial charge in [-0.2, -0.15) is 0 Å². The Hall–Kier alpha value is -0.590. The highest BCUT2D eigenvalue weighted by atomic mass is 32.1. The van der Waals surface area contributed by atoms with E-state index in [0.717, 1.165) is 12.8 Å². The number of nitrogens with one attached hydrogen (secondary N) is 1. The maximum atomic E-state index is 11.4. The van der Waals surface area contributed by atoms with E-state index in [4.69, 9.17) is 22.8 Å². The lowest BCUT2D eigenvalue weighted by molar-refractivity contribution is -0.125. The molecule has 0 aliphatic carbocycles. The van der Waals surface area contributed by atoms with Gasteiger partial charge >= 0.3 is 0 Å². The molecule has 0 bridgehead atoms. The number of carbonyl (C=O) groups is 1. The molecule has 4 nitrogen and oxygen atoms in total. The zero-order valence-corrected chi connectivity index (χ0v) is 11.8. The molecule has 0 aromatic carbocycles. The predicted molar refractivity (Wildman–Crippen MR) is 76.9 cm³/mol. The normalized spacial score (nSPS) is 9.94. The average Bonchev–Trinajstić information content (AvgIpc) is 2.28. The molecular weight excluding hydrogens is 256 g/mol. The van der Waals surface area contributed by atoms with Crippen molar-refractivity contribution in [3.8, 4) is 0 Å². The van der Waals surface area contributed by atoms with Gasteiger partial charge in [0, 0.05) is 6.42 Å². The fraction of sp³-hybridized carbons (Fsp3) is 0.727. The third-order valence-corrected chi connectivity index (χ3v) is 2.82. The number of nitrogens with two attached hydrogens (primary N) is 1. The van der Waals surface area contributed by atoms with Crippen molar-refractivity contribution in [3.63, 3.8) is 0 Å². The Labute approximate surface area is 113 Å². The van der Waals surface area contributed by atoms with Crippen LogP contribution in [0.4, 0.5) is 0 Å². The first kappa shape index (κ1) is 16.4. The van der Waals surface area contributed by atoms with E-state index in [1.54, 1.807) is 0 Å². The van der Waals surface area contributed by atoms with E-state index >= 15 is 0 Å². The predicted octanol–water partition coefficient (Wildman–Crippen LogP) is 2.05. The first-order valence-corrected chi connectivity index (χ1v) is 6.62. The summed E-state index contributed by atoms with van der Waals surface area (Å²) in [5.74, 6) is 0.0553. The molecule has 0 rings (SSSR count). The Balaban J connectivity index is 3.41. The van der Waals surface area contributed by atoms with Crippen LogP contribution in [0.25, 0.3) is 0 Å². The van der Waals surface area contributed by atoms with Crippen molar-refractivity contribution < 1.29 is 9.63 Å². The fourth-order valence-electron chi connectivity index (χ4n) is 1.23. The van der Waals surface area contributed by atoms with Crippen LogP contribution < -0.4 is 11.2 Å². The molecule has 0 heterocycles. The Morgan fingerprint density at radius 2 is 1.88 bits per heavy atom. The van der Waals surface area contributed by atoms with Crippen LogP contribution in [0, 0.1) is 0 Å². The summed E-state index contributed by atoms with van der Waals surface area (Å²) in [7, 11) is 0. The summed E-state index contributed by atoms with van der Waals surface area (Å²) >= 11 is 9.37. The monoisotopic (exact) mass is 276 g/mol. The largest absolute Gasteiger partial charge is 0.387 e. The Morgan fingerprint density at radius 3 is 2.47 bits per heavy atom. The molecule has 17 heavy (non-hydrogen) atoms. The molecule has 0 saturated carbocycles. The third kappa shape index (κ3) is 10.3. The second-order valence-electron chi connectivity index (χ2n) is 3.79. The first-order chi connectivity index (χ1) is 8.07. The molecule has 0 aliphatic heterocycles. The van der Waals surface area contributed by atoms with E-state index in [1.165, 1.54) is 19.3 Å². The minimum absolute atomic E-state index is 0.00344. The Morgan fingerprint density at radius 1 is 1.24 bits per heavy atom. The number of unbranched alkanes of at least 4 members (excludes halogenated alkanes) is 4. The second-order valence-corrected chi connectivity index (χ2v) is 4.64. The zero-order valence-electron chi connectivity index (χ0n) is 10.2. The highest BCUT2D eigenvalue weighted by Gasteiger charge is 2.04. The van der Waals surface area contributed by atoms with Crippen LogP contribution in [0.5, 0.6) is 0 Å². The smallest absolute Gasteiger partial charge is 0.161 e. The minimum atomic E-state index is -0.00344. The summed E-state index contributed by atoms with van der Waals surface area (Å²) in [6.45, 7) is 2.16. The van der Waals surface area contributed by atoms with Gasteiger partial charge in [-0.25, -0.2) is 0 Å². The van der Waals surface area contributed by atoms with Crippen molar-refractivity contribution in [3.05, 3.63) is 0 Å². The van der Waals surface area contributed by atoms with Gasteiger partial charge < -0.3 is 5.73 Å². The van der Waals surface area contributed by atoms with Crippen molar-refractivity contribution in [2.45, 2.75) is 45.4 Å². The molecule has 0 amide bonds. The maximum Gasteiger partial charge on any atom is 0.161 e. The molecule has 0 aliphatic rings. The summed E-state index contributed by atoms with van der Waals surface area (Å²) < 4.78 is 0. The van der Waals surface area contributed by atoms with Crippen molar-refractivity contribution >= 4 is 40.2 Å². The zero-order chi connectivity index (χ0) is 13.1. The van der Waals surface area contributed by atoms with E-state index in [0.29, 0.717) is 6.42 Å². The number of hydrogen-bond donors (Lipinski definition) is 2. The molecule has 0 unspecified atom stereocenters. The van der Waals surface area contributed by atoms with E-state index in [2.05, 4.69) is 24.6 Å². The molecule has 3 N–H and O–H groups in total. The van der Waals surface area contributed by atoms with E-state index in [1.807, 2.05) is 0 Å². The van der Waals surface area contributed by atoms with Crippen LogP contribution in [-0.2, 0) is 9.63 Å². The number of thiocarbonyl (C=S) groups is 2. The van der Waals surface area contributed by atoms with Gasteiger partial charge in [-0.15, -0.1) is 0 Å². The maximum absolute atomic E-state index is 11.4. The van der Waals surface area contributed by atoms with E-state index in [9.17, 15) is 4.79 Å². The number of ketones is 1. The first-order valence-electron chi connectivity index (χ1n) is 5.81. The fourth-order valence-corrected chi connectivity index (χ4v) is 1.33. The van der Waals surface area contributed by atoms with Gasteiger partial charge in [0.2, 0.25) is 0 Å². The quantitative estimate of drug-likeness (QED) is 0.382. The molecule has 0 aromatic rings. The van der Waals surface area contributed by atoms with Crippen molar-refractivity contribution in [1.29, 1.82) is 0 Å². The molecule has 6 heteroatoms. The van der Waals surface area contributed by atoms with E-state index in [-0.39, 0.29) is 22.4 Å². The number of Topliss-reactive ketones (excluding diaryl/α,β-unsaturated/α-hetero) is 1. The molecule has 0 aromatic heterocycles. The van der Waals surface area contributed by atoms with Crippen LogP contribution in [0.3, 0.4) is 0 Å². The van der Waals surface area contributed by atoms with Crippen LogP contribution in [0.2, 0.25) is 0 Å². The Kier molecular flexibility index (Phi) is 10.2. The van der Waals surface area contributed by atoms with Gasteiger partial charge in [0.05, 0.1) is 0 Å².